The summed E-state index contributed by atoms with van der Waals surface area (Å²) in [5, 5.41) is 29.5. The van der Waals surface area contributed by atoms with Crippen LogP contribution < -0.4 is 0 Å². The fraction of sp³-hybridized carbons (Fsp3) is 0.583. The van der Waals surface area contributed by atoms with Crippen LogP contribution >= 0.6 is 0 Å². The topological polar surface area (TPSA) is 79.2 Å². The summed E-state index contributed by atoms with van der Waals surface area (Å²) >= 11 is 0. The van der Waals surface area contributed by atoms with Gasteiger partial charge in [0.05, 0.1) is 12.7 Å². The first-order valence-electron chi connectivity index (χ1n) is 10.8. The van der Waals surface area contributed by atoms with Gasteiger partial charge in [-0.3, -0.25) is 0 Å². The van der Waals surface area contributed by atoms with E-state index in [1.807, 2.05) is 19.1 Å². The fourth-order valence-corrected chi connectivity index (χ4v) is 4.40. The van der Waals surface area contributed by atoms with E-state index in [0.29, 0.717) is 13.0 Å². The molecule has 0 spiro atoms. The molecule has 3 atom stereocenters. The maximum Gasteiger partial charge on any atom is 0.305 e. The van der Waals surface area contributed by atoms with Crippen LogP contribution in [0.5, 0.6) is 0 Å². The molecule has 0 amide bonds. The minimum atomic E-state index is -1.83. The minimum Gasteiger partial charge on any atom is -0.368 e. The van der Waals surface area contributed by atoms with E-state index in [4.69, 9.17) is 9.47 Å². The van der Waals surface area contributed by atoms with E-state index >= 15 is 0 Å². The van der Waals surface area contributed by atoms with E-state index in [-0.39, 0.29) is 18.2 Å². The zero-order valence-corrected chi connectivity index (χ0v) is 17.8. The quantitative estimate of drug-likeness (QED) is 0.461. The van der Waals surface area contributed by atoms with Gasteiger partial charge >= 0.3 is 5.97 Å². The van der Waals surface area contributed by atoms with E-state index in [1.54, 1.807) is 13.0 Å². The summed E-state index contributed by atoms with van der Waals surface area (Å²) in [4.78, 5) is 0. The second-order valence-corrected chi connectivity index (χ2v) is 8.43. The lowest BCUT2D eigenvalue weighted by molar-refractivity contribution is -0.364. The van der Waals surface area contributed by atoms with Crippen molar-refractivity contribution in [3.8, 4) is 0 Å². The number of aliphatic hydroxyl groups is 3. The molecule has 1 aromatic carbocycles. The summed E-state index contributed by atoms with van der Waals surface area (Å²) in [6, 6.07) is 4.92. The Hall–Kier alpha value is -1.57. The van der Waals surface area contributed by atoms with Crippen molar-refractivity contribution < 1.29 is 29.2 Å². The van der Waals surface area contributed by atoms with Gasteiger partial charge in [-0.2, -0.15) is 0 Å². The number of allylic oxidation sites excluding steroid dienone is 3. The lowest BCUT2D eigenvalue weighted by Gasteiger charge is -2.41. The van der Waals surface area contributed by atoms with Gasteiger partial charge < -0.3 is 24.8 Å². The molecule has 30 heavy (non-hydrogen) atoms. The molecule has 2 unspecified atom stereocenters. The average molecular weight is 421 g/mol. The molecule has 1 aliphatic carbocycles. The molecule has 0 aromatic heterocycles. The molecule has 1 fully saturated rings. The Labute approximate surface area is 177 Å². The van der Waals surface area contributed by atoms with Crippen molar-refractivity contribution in [3.63, 3.8) is 0 Å². The lowest BCUT2D eigenvalue weighted by Crippen LogP contribution is -2.47. The van der Waals surface area contributed by atoms with Crippen LogP contribution in [0, 0.1) is 18.7 Å². The summed E-state index contributed by atoms with van der Waals surface area (Å²) in [5.41, 5.74) is 4.11. The largest absolute Gasteiger partial charge is 0.368 e. The molecule has 5 nitrogen and oxygen atoms in total. The van der Waals surface area contributed by atoms with Gasteiger partial charge in [-0.05, 0) is 81.5 Å². The highest BCUT2D eigenvalue weighted by Gasteiger charge is 2.43. The van der Waals surface area contributed by atoms with Crippen molar-refractivity contribution in [3.05, 3.63) is 58.4 Å². The first kappa shape index (κ1) is 23.1. The number of rotatable bonds is 7. The van der Waals surface area contributed by atoms with Crippen molar-refractivity contribution in [1.82, 2.24) is 0 Å². The molecule has 1 aliphatic heterocycles. The Morgan fingerprint density at radius 1 is 1.23 bits per heavy atom. The summed E-state index contributed by atoms with van der Waals surface area (Å²) in [6.07, 6.45) is 7.26. The second-order valence-electron chi connectivity index (χ2n) is 8.43. The molecule has 1 aromatic rings. The van der Waals surface area contributed by atoms with E-state index in [9.17, 15) is 19.7 Å². The number of ether oxygens (including phenoxy) is 2. The molecule has 3 rings (SSSR count). The van der Waals surface area contributed by atoms with Gasteiger partial charge in [-0.1, -0.05) is 23.8 Å². The first-order chi connectivity index (χ1) is 14.3. The average Bonchev–Trinajstić information content (AvgIpc) is 2.62. The third-order valence-electron chi connectivity index (χ3n) is 6.02. The van der Waals surface area contributed by atoms with Crippen LogP contribution in [0.2, 0.25) is 0 Å². The lowest BCUT2D eigenvalue weighted by atomic mass is 9.83. The number of aryl methyl sites for hydroxylation is 2. The zero-order valence-electron chi connectivity index (χ0n) is 17.8. The van der Waals surface area contributed by atoms with Crippen LogP contribution in [0.15, 0.2) is 41.5 Å². The van der Waals surface area contributed by atoms with Crippen LogP contribution in [-0.2, 0) is 15.9 Å². The van der Waals surface area contributed by atoms with Gasteiger partial charge in [0.2, 0.25) is 0 Å². The highest BCUT2D eigenvalue weighted by Crippen LogP contribution is 2.40. The van der Waals surface area contributed by atoms with Crippen molar-refractivity contribution in [1.29, 1.82) is 0 Å². The Bertz CT molecular complexity index is 788. The molecule has 0 bridgehead atoms. The number of aliphatic hydroxyl groups excluding tert-OH is 1. The van der Waals surface area contributed by atoms with Gasteiger partial charge in [-0.25, -0.2) is 4.39 Å². The van der Waals surface area contributed by atoms with Gasteiger partial charge in [0.25, 0.3) is 0 Å². The zero-order chi connectivity index (χ0) is 21.7. The molecule has 166 valence electrons. The number of benzene rings is 1. The Morgan fingerprint density at radius 2 is 2.03 bits per heavy atom. The van der Waals surface area contributed by atoms with E-state index in [2.05, 4.69) is 6.08 Å². The summed E-state index contributed by atoms with van der Waals surface area (Å²) < 4.78 is 24.7. The Balaban J connectivity index is 1.69. The molecular formula is C24H33FO5. The monoisotopic (exact) mass is 420 g/mol. The van der Waals surface area contributed by atoms with Crippen LogP contribution in [0.1, 0.15) is 56.6 Å². The molecule has 0 radical (unpaired) electrons. The molecule has 2 aliphatic rings. The third kappa shape index (κ3) is 5.99. The first-order valence-corrected chi connectivity index (χ1v) is 10.8. The van der Waals surface area contributed by atoms with Gasteiger partial charge in [0.15, 0.2) is 6.29 Å². The SMILES string of the molecule is Cc1cc(F)ccc1CC/C1=C/CCC2CCO[C@](O)(OC(C)CC(O)O)/C2=C/C1. The van der Waals surface area contributed by atoms with Crippen LogP contribution in [0.4, 0.5) is 4.39 Å². The maximum atomic E-state index is 13.3. The molecule has 1 saturated heterocycles. The third-order valence-corrected chi connectivity index (χ3v) is 6.02. The predicted octanol–water partition coefficient (Wildman–Crippen LogP) is 3.89. The van der Waals surface area contributed by atoms with E-state index in [0.717, 1.165) is 48.8 Å². The van der Waals surface area contributed by atoms with E-state index in [1.165, 1.54) is 11.6 Å². The second kappa shape index (κ2) is 10.2. The van der Waals surface area contributed by atoms with Crippen LogP contribution in [0.25, 0.3) is 0 Å². The van der Waals surface area contributed by atoms with Crippen molar-refractivity contribution in [2.75, 3.05) is 6.61 Å². The maximum absolute atomic E-state index is 13.3. The van der Waals surface area contributed by atoms with Gasteiger partial charge in [0, 0.05) is 12.0 Å². The smallest absolute Gasteiger partial charge is 0.305 e. The minimum absolute atomic E-state index is 0.00814. The summed E-state index contributed by atoms with van der Waals surface area (Å²) in [6.45, 7) is 4.01. The van der Waals surface area contributed by atoms with Gasteiger partial charge in [0.1, 0.15) is 5.82 Å². The molecule has 3 N–H and O–H groups in total. The standard InChI is InChI=1S/C24H33FO5/c1-16-14-21(25)10-9-19(16)8-6-18-4-3-5-20-12-13-29-24(28,22(20)11-7-18)30-17(2)15-23(26)27/h4,9-11,14,17,20,23,26-28H,3,5-8,12-13,15H2,1-2H3/b18-4-,22-11+/t17?,20?,24-/m0/s1. The highest BCUT2D eigenvalue weighted by atomic mass is 19.1. The summed E-state index contributed by atoms with van der Waals surface area (Å²) in [5.74, 6) is -1.86. The molecule has 0 saturated carbocycles. The van der Waals surface area contributed by atoms with Crippen molar-refractivity contribution in [2.24, 2.45) is 5.92 Å². The van der Waals surface area contributed by atoms with Crippen LogP contribution in [-0.4, -0.2) is 40.3 Å². The van der Waals surface area contributed by atoms with Gasteiger partial charge in [-0.15, -0.1) is 0 Å². The van der Waals surface area contributed by atoms with Crippen LogP contribution in [0.3, 0.4) is 0 Å². The number of hydrogen-bond donors (Lipinski definition) is 3. The molecule has 1 heterocycles. The highest BCUT2D eigenvalue weighted by molar-refractivity contribution is 5.28. The van der Waals surface area contributed by atoms with E-state index < -0.39 is 18.4 Å². The Kier molecular flexibility index (Phi) is 7.82. The molecule has 6 heteroatoms. The normalized spacial score (nSPS) is 29.2. The number of hydrogen-bond acceptors (Lipinski definition) is 5. The summed E-state index contributed by atoms with van der Waals surface area (Å²) in [7, 11) is 0. The van der Waals surface area contributed by atoms with Crippen molar-refractivity contribution >= 4 is 0 Å². The Morgan fingerprint density at radius 3 is 2.77 bits per heavy atom. The van der Waals surface area contributed by atoms with Crippen molar-refractivity contribution in [2.45, 2.75) is 77.2 Å². The molecular weight excluding hydrogens is 387 g/mol. The fourth-order valence-electron chi connectivity index (χ4n) is 4.40. The number of fused-ring (bicyclic) bond motifs is 1. The number of halogens is 1. The predicted molar refractivity (Wildman–Crippen MR) is 112 cm³/mol.